The van der Waals surface area contributed by atoms with Gasteiger partial charge in [-0.3, -0.25) is 4.90 Å². The second kappa shape index (κ2) is 9.48. The Hall–Kier alpha value is -2.92. The van der Waals surface area contributed by atoms with Crippen molar-refractivity contribution in [3.8, 4) is 5.75 Å². The molecule has 1 aliphatic heterocycles. The summed E-state index contributed by atoms with van der Waals surface area (Å²) in [5.74, 6) is 0.831. The number of aromatic amines is 1. The van der Waals surface area contributed by atoms with E-state index >= 15 is 0 Å². The molecular weight excluding hydrogens is 412 g/mol. The van der Waals surface area contributed by atoms with Gasteiger partial charge in [0, 0.05) is 28.2 Å². The molecule has 0 aliphatic carbocycles. The Balaban J connectivity index is 1.72. The van der Waals surface area contributed by atoms with Crippen LogP contribution in [-0.4, -0.2) is 35.7 Å². The number of nitrogens with one attached hydrogen (secondary N) is 1. The summed E-state index contributed by atoms with van der Waals surface area (Å²) in [7, 11) is 0. The van der Waals surface area contributed by atoms with Gasteiger partial charge in [-0.15, -0.1) is 0 Å². The Labute approximate surface area is 187 Å². The summed E-state index contributed by atoms with van der Waals surface area (Å²) >= 11 is 6.26. The molecule has 1 aliphatic rings. The van der Waals surface area contributed by atoms with Gasteiger partial charge >= 0.3 is 6.09 Å². The number of ether oxygens (including phenoxy) is 2. The molecule has 0 fully saturated rings. The molecule has 4 rings (SSSR count). The topological polar surface area (TPSA) is 54.6 Å². The van der Waals surface area contributed by atoms with E-state index in [1.165, 1.54) is 5.56 Å². The number of halogens is 1. The van der Waals surface area contributed by atoms with Crippen LogP contribution in [0.3, 0.4) is 0 Å². The molecule has 1 unspecified atom stereocenters. The van der Waals surface area contributed by atoms with Gasteiger partial charge in [0.05, 0.1) is 6.61 Å². The minimum atomic E-state index is -0.351. The summed E-state index contributed by atoms with van der Waals surface area (Å²) in [6.45, 7) is 7.22. The molecule has 1 aromatic heterocycles. The number of amides is 1. The largest absolute Gasteiger partial charge is 0.494 e. The number of hydrogen-bond acceptors (Lipinski definition) is 3. The Bertz CT molecular complexity index is 1070. The quantitative estimate of drug-likeness (QED) is 0.349. The maximum Gasteiger partial charge on any atom is 0.410 e. The van der Waals surface area contributed by atoms with Crippen LogP contribution in [0.4, 0.5) is 4.79 Å². The molecule has 3 aromatic rings. The lowest BCUT2D eigenvalue weighted by molar-refractivity contribution is 0.0979. The molecule has 1 atom stereocenters. The highest BCUT2D eigenvalue weighted by Gasteiger charge is 2.35. The van der Waals surface area contributed by atoms with Gasteiger partial charge in [-0.25, -0.2) is 4.79 Å². The van der Waals surface area contributed by atoms with E-state index in [1.807, 2.05) is 42.5 Å². The first-order valence-corrected chi connectivity index (χ1v) is 11.1. The first-order valence-electron chi connectivity index (χ1n) is 10.7. The van der Waals surface area contributed by atoms with Crippen molar-refractivity contribution in [2.24, 2.45) is 0 Å². The summed E-state index contributed by atoms with van der Waals surface area (Å²) in [4.78, 5) is 18.2. The second-order valence-corrected chi connectivity index (χ2v) is 8.13. The number of unbranched alkanes of at least 4 members (excludes halogenated alkanes) is 1. The van der Waals surface area contributed by atoms with Gasteiger partial charge in [0.15, 0.2) is 0 Å². The number of benzene rings is 2. The molecule has 2 heterocycles. The summed E-state index contributed by atoms with van der Waals surface area (Å²) in [5.41, 5.74) is 4.20. The van der Waals surface area contributed by atoms with Gasteiger partial charge in [-0.2, -0.15) is 0 Å². The van der Waals surface area contributed by atoms with Crippen molar-refractivity contribution >= 4 is 28.6 Å². The maximum absolute atomic E-state index is 12.9. The summed E-state index contributed by atoms with van der Waals surface area (Å²) in [6.07, 6.45) is 4.07. The monoisotopic (exact) mass is 438 g/mol. The van der Waals surface area contributed by atoms with Crippen molar-refractivity contribution in [1.82, 2.24) is 9.88 Å². The fourth-order valence-corrected chi connectivity index (χ4v) is 4.27. The Morgan fingerprint density at radius 2 is 2.10 bits per heavy atom. The fourth-order valence-electron chi connectivity index (χ4n) is 4.10. The number of rotatable bonds is 7. The zero-order chi connectivity index (χ0) is 21.8. The van der Waals surface area contributed by atoms with E-state index in [1.54, 1.807) is 11.0 Å². The van der Waals surface area contributed by atoms with Crippen molar-refractivity contribution < 1.29 is 14.3 Å². The van der Waals surface area contributed by atoms with Gasteiger partial charge in [-0.05, 0) is 54.3 Å². The Morgan fingerprint density at radius 3 is 2.84 bits per heavy atom. The van der Waals surface area contributed by atoms with E-state index in [0.717, 1.165) is 47.2 Å². The molecule has 1 amide bonds. The van der Waals surface area contributed by atoms with Crippen LogP contribution in [0.1, 0.15) is 42.6 Å². The van der Waals surface area contributed by atoms with E-state index in [4.69, 9.17) is 21.1 Å². The van der Waals surface area contributed by atoms with E-state index in [-0.39, 0.29) is 18.7 Å². The van der Waals surface area contributed by atoms with Crippen LogP contribution in [-0.2, 0) is 11.2 Å². The van der Waals surface area contributed by atoms with Crippen LogP contribution in [0.25, 0.3) is 10.9 Å². The lowest BCUT2D eigenvalue weighted by Gasteiger charge is -2.35. The predicted octanol–water partition coefficient (Wildman–Crippen LogP) is 6.27. The van der Waals surface area contributed by atoms with Crippen LogP contribution in [0, 0.1) is 0 Å². The number of aromatic nitrogens is 1. The molecule has 5 nitrogen and oxygen atoms in total. The first-order chi connectivity index (χ1) is 15.1. The lowest BCUT2D eigenvalue weighted by atomic mass is 9.92. The van der Waals surface area contributed by atoms with Crippen molar-refractivity contribution in [3.63, 3.8) is 0 Å². The molecule has 0 bridgehead atoms. The van der Waals surface area contributed by atoms with E-state index < -0.39 is 0 Å². The molecule has 0 spiro atoms. The lowest BCUT2D eigenvalue weighted by Crippen LogP contribution is -2.41. The molecule has 1 N–H and O–H groups in total. The highest BCUT2D eigenvalue weighted by Crippen LogP contribution is 2.39. The Kier molecular flexibility index (Phi) is 6.52. The number of fused-ring (bicyclic) bond motifs is 3. The smallest absolute Gasteiger partial charge is 0.410 e. The summed E-state index contributed by atoms with van der Waals surface area (Å²) in [6, 6.07) is 13.5. The minimum absolute atomic E-state index is 0.182. The van der Waals surface area contributed by atoms with Crippen molar-refractivity contribution in [3.05, 3.63) is 77.0 Å². The zero-order valence-corrected chi connectivity index (χ0v) is 18.5. The maximum atomic E-state index is 12.9. The third kappa shape index (κ3) is 4.42. The van der Waals surface area contributed by atoms with E-state index in [2.05, 4.69) is 18.5 Å². The van der Waals surface area contributed by atoms with E-state index in [9.17, 15) is 4.79 Å². The fraction of sp³-hybridized carbons (Fsp3) is 0.320. The Morgan fingerprint density at radius 1 is 1.29 bits per heavy atom. The van der Waals surface area contributed by atoms with Gasteiger partial charge in [-0.1, -0.05) is 49.7 Å². The minimum Gasteiger partial charge on any atom is -0.494 e. The number of nitrogens with zero attached hydrogens (tertiary/aromatic N) is 1. The molecule has 31 heavy (non-hydrogen) atoms. The zero-order valence-electron chi connectivity index (χ0n) is 17.7. The second-order valence-electron chi connectivity index (χ2n) is 7.69. The van der Waals surface area contributed by atoms with Gasteiger partial charge in [0.25, 0.3) is 0 Å². The molecule has 0 saturated carbocycles. The van der Waals surface area contributed by atoms with Crippen molar-refractivity contribution in [2.45, 2.75) is 32.2 Å². The molecule has 0 radical (unpaired) electrons. The SMILES string of the molecule is C=CCOC(=O)N1CCc2c([nH]c3ccc(Cl)cc23)C1c1ccc(OCCCC)cc1. The molecular formula is C25H27ClN2O3. The molecule has 6 heteroatoms. The molecule has 162 valence electrons. The summed E-state index contributed by atoms with van der Waals surface area (Å²) in [5, 5.41) is 1.80. The normalized spacial score (nSPS) is 15.5. The third-order valence-corrected chi connectivity index (χ3v) is 5.85. The predicted molar refractivity (Wildman–Crippen MR) is 124 cm³/mol. The number of carbonyl (C=O) groups is 1. The highest BCUT2D eigenvalue weighted by atomic mass is 35.5. The van der Waals surface area contributed by atoms with Gasteiger partial charge in [0.1, 0.15) is 18.4 Å². The first kappa shape index (κ1) is 21.3. The number of H-pyrrole nitrogens is 1. The molecule has 0 saturated heterocycles. The summed E-state index contributed by atoms with van der Waals surface area (Å²) < 4.78 is 11.2. The number of hydrogen-bond donors (Lipinski definition) is 1. The highest BCUT2D eigenvalue weighted by molar-refractivity contribution is 6.31. The third-order valence-electron chi connectivity index (χ3n) is 5.61. The van der Waals surface area contributed by atoms with Crippen LogP contribution in [0.2, 0.25) is 5.02 Å². The van der Waals surface area contributed by atoms with Crippen LogP contribution < -0.4 is 4.74 Å². The van der Waals surface area contributed by atoms with Crippen LogP contribution in [0.15, 0.2) is 55.1 Å². The van der Waals surface area contributed by atoms with E-state index in [0.29, 0.717) is 18.2 Å². The average molecular weight is 439 g/mol. The van der Waals surface area contributed by atoms with Crippen molar-refractivity contribution in [2.75, 3.05) is 19.8 Å². The van der Waals surface area contributed by atoms with Gasteiger partial charge in [0.2, 0.25) is 0 Å². The van der Waals surface area contributed by atoms with Crippen LogP contribution in [0.5, 0.6) is 5.75 Å². The van der Waals surface area contributed by atoms with Crippen molar-refractivity contribution in [1.29, 1.82) is 0 Å². The standard InChI is InChI=1S/C25H27ClN2O3/c1-3-5-15-30-19-9-6-17(7-10-19)24-23-20(12-13-28(24)25(29)31-14-4-2)21-16-18(26)8-11-22(21)27-23/h4,6-11,16,24,27H,2-3,5,12-15H2,1H3. The van der Waals surface area contributed by atoms with Gasteiger partial charge < -0.3 is 14.5 Å². The van der Waals surface area contributed by atoms with Crippen LogP contribution >= 0.6 is 11.6 Å². The average Bonchev–Trinajstić information content (AvgIpc) is 3.15. The molecule has 2 aromatic carbocycles. The number of carbonyl (C=O) groups excluding carboxylic acids is 1.